The third-order valence-electron chi connectivity index (χ3n) is 6.02. The third kappa shape index (κ3) is 5.33. The number of carbonyl (C=O) groups is 1. The van der Waals surface area contributed by atoms with Crippen molar-refractivity contribution in [3.05, 3.63) is 42.5 Å². The molecule has 6 nitrogen and oxygen atoms in total. The average Bonchev–Trinajstić information content (AvgIpc) is 3.30. The maximum atomic E-state index is 13.4. The molecule has 1 atom stereocenters. The van der Waals surface area contributed by atoms with Crippen molar-refractivity contribution < 1.29 is 9.18 Å². The molecule has 2 aliphatic rings. The predicted molar refractivity (Wildman–Crippen MR) is 116 cm³/mol. The van der Waals surface area contributed by atoms with Crippen molar-refractivity contribution in [2.45, 2.75) is 32.1 Å². The van der Waals surface area contributed by atoms with Gasteiger partial charge in [-0.15, -0.1) is 0 Å². The fourth-order valence-corrected chi connectivity index (χ4v) is 4.34. The normalized spacial score (nSPS) is 19.8. The lowest BCUT2D eigenvalue weighted by Crippen LogP contribution is -2.44. The fourth-order valence-electron chi connectivity index (χ4n) is 4.34. The highest BCUT2D eigenvalue weighted by Gasteiger charge is 2.27. The summed E-state index contributed by atoms with van der Waals surface area (Å²) in [6, 6.07) is 6.41. The van der Waals surface area contributed by atoms with Crippen LogP contribution in [0.5, 0.6) is 0 Å². The molecule has 3 heterocycles. The van der Waals surface area contributed by atoms with Crippen LogP contribution in [0.15, 0.2) is 36.7 Å². The molecular formula is C23H30FN5O. The molecule has 1 unspecified atom stereocenters. The van der Waals surface area contributed by atoms with Crippen molar-refractivity contribution >= 4 is 11.9 Å². The Kier molecular flexibility index (Phi) is 6.89. The van der Waals surface area contributed by atoms with E-state index in [2.05, 4.69) is 25.1 Å². The van der Waals surface area contributed by atoms with E-state index >= 15 is 0 Å². The highest BCUT2D eigenvalue weighted by Crippen LogP contribution is 2.23. The molecular weight excluding hydrogens is 381 g/mol. The maximum Gasteiger partial charge on any atom is 0.225 e. The molecule has 7 heteroatoms. The summed E-state index contributed by atoms with van der Waals surface area (Å²) in [6.07, 6.45) is 8.90. The minimum Gasteiger partial charge on any atom is -0.356 e. The van der Waals surface area contributed by atoms with Crippen LogP contribution in [0.4, 0.5) is 10.3 Å². The lowest BCUT2D eigenvalue weighted by molar-refractivity contribution is -0.125. The minimum atomic E-state index is -0.276. The van der Waals surface area contributed by atoms with Gasteiger partial charge in [0.2, 0.25) is 11.9 Å². The number of rotatable bonds is 7. The van der Waals surface area contributed by atoms with Crippen LogP contribution < -0.4 is 10.2 Å². The number of amides is 1. The van der Waals surface area contributed by atoms with Crippen LogP contribution in [-0.4, -0.2) is 60.0 Å². The van der Waals surface area contributed by atoms with E-state index in [4.69, 9.17) is 0 Å². The zero-order valence-electron chi connectivity index (χ0n) is 17.4. The van der Waals surface area contributed by atoms with Crippen molar-refractivity contribution in [3.63, 3.8) is 0 Å². The van der Waals surface area contributed by atoms with Gasteiger partial charge in [0, 0.05) is 37.6 Å². The number of nitrogens with one attached hydrogen (secondary N) is 1. The number of benzene rings is 1. The van der Waals surface area contributed by atoms with Crippen molar-refractivity contribution in [2.75, 3.05) is 44.2 Å². The van der Waals surface area contributed by atoms with Gasteiger partial charge in [0.15, 0.2) is 0 Å². The van der Waals surface area contributed by atoms with Gasteiger partial charge < -0.3 is 15.1 Å². The molecule has 0 radical (unpaired) electrons. The number of hydrogen-bond acceptors (Lipinski definition) is 5. The summed E-state index contributed by atoms with van der Waals surface area (Å²) in [5, 5.41) is 3.12. The highest BCUT2D eigenvalue weighted by atomic mass is 19.1. The number of aromatic nitrogens is 2. The Balaban J connectivity index is 1.28. The van der Waals surface area contributed by atoms with E-state index in [0.717, 1.165) is 50.0 Å². The van der Waals surface area contributed by atoms with E-state index in [-0.39, 0.29) is 17.6 Å². The van der Waals surface area contributed by atoms with Crippen molar-refractivity contribution in [1.82, 2.24) is 20.2 Å². The molecule has 2 aromatic rings. The molecule has 4 rings (SSSR count). The summed E-state index contributed by atoms with van der Waals surface area (Å²) < 4.78 is 13.4. The zero-order valence-corrected chi connectivity index (χ0v) is 17.4. The molecule has 1 aromatic carbocycles. The first-order chi connectivity index (χ1) is 14.7. The average molecular weight is 412 g/mol. The van der Waals surface area contributed by atoms with Crippen LogP contribution in [0.2, 0.25) is 0 Å². The van der Waals surface area contributed by atoms with Gasteiger partial charge in [-0.25, -0.2) is 14.4 Å². The van der Waals surface area contributed by atoms with Crippen LogP contribution in [0, 0.1) is 11.7 Å². The van der Waals surface area contributed by atoms with E-state index in [1.165, 1.54) is 38.1 Å². The summed E-state index contributed by atoms with van der Waals surface area (Å²) in [4.78, 5) is 26.1. The number of hydrogen-bond donors (Lipinski definition) is 1. The molecule has 0 spiro atoms. The Labute approximate surface area is 177 Å². The monoisotopic (exact) mass is 411 g/mol. The lowest BCUT2D eigenvalue weighted by atomic mass is 9.97. The molecule has 2 saturated heterocycles. The molecule has 0 bridgehead atoms. The molecule has 160 valence electrons. The highest BCUT2D eigenvalue weighted by molar-refractivity contribution is 5.79. The Morgan fingerprint density at radius 3 is 2.67 bits per heavy atom. The van der Waals surface area contributed by atoms with Crippen LogP contribution in [0.1, 0.15) is 32.1 Å². The number of likely N-dealkylation sites (tertiary alicyclic amines) is 1. The van der Waals surface area contributed by atoms with Gasteiger partial charge in [-0.2, -0.15) is 0 Å². The number of anilines is 1. The summed E-state index contributed by atoms with van der Waals surface area (Å²) in [7, 11) is 0. The van der Waals surface area contributed by atoms with Gasteiger partial charge in [0.05, 0.1) is 5.92 Å². The second kappa shape index (κ2) is 9.98. The van der Waals surface area contributed by atoms with Crippen molar-refractivity contribution in [1.29, 1.82) is 0 Å². The van der Waals surface area contributed by atoms with Gasteiger partial charge >= 0.3 is 0 Å². The fraction of sp³-hybridized carbons (Fsp3) is 0.522. The first-order valence-electron chi connectivity index (χ1n) is 11.0. The van der Waals surface area contributed by atoms with Crippen LogP contribution in [0.25, 0.3) is 11.1 Å². The van der Waals surface area contributed by atoms with Gasteiger partial charge in [-0.3, -0.25) is 4.79 Å². The smallest absolute Gasteiger partial charge is 0.225 e. The second-order valence-corrected chi connectivity index (χ2v) is 8.26. The molecule has 0 saturated carbocycles. The maximum absolute atomic E-state index is 13.4. The van der Waals surface area contributed by atoms with Crippen LogP contribution >= 0.6 is 0 Å². The number of halogens is 1. The van der Waals surface area contributed by atoms with Gasteiger partial charge in [0.1, 0.15) is 5.82 Å². The lowest BCUT2D eigenvalue weighted by Gasteiger charge is -2.32. The molecule has 0 aliphatic carbocycles. The Morgan fingerprint density at radius 2 is 1.90 bits per heavy atom. The van der Waals surface area contributed by atoms with E-state index in [1.807, 2.05) is 6.07 Å². The molecule has 30 heavy (non-hydrogen) atoms. The van der Waals surface area contributed by atoms with Crippen molar-refractivity contribution in [2.24, 2.45) is 5.92 Å². The largest absolute Gasteiger partial charge is 0.356 e. The van der Waals surface area contributed by atoms with E-state index < -0.39 is 0 Å². The number of piperidine rings is 1. The summed E-state index contributed by atoms with van der Waals surface area (Å²) >= 11 is 0. The van der Waals surface area contributed by atoms with E-state index in [1.54, 1.807) is 18.5 Å². The molecule has 1 N–H and O–H groups in total. The Morgan fingerprint density at radius 1 is 1.10 bits per heavy atom. The van der Waals surface area contributed by atoms with E-state index in [0.29, 0.717) is 12.5 Å². The predicted octanol–water partition coefficient (Wildman–Crippen LogP) is 3.10. The second-order valence-electron chi connectivity index (χ2n) is 8.26. The standard InChI is InChI=1S/C23H30FN5O/c24-21-8-3-6-18(14-21)20-15-26-23(27-16-20)29-13-4-7-19(17-29)22(30)25-9-5-12-28-10-1-2-11-28/h3,6,8,14-16,19H,1-2,4-5,7,9-13,17H2,(H,25,30). The van der Waals surface area contributed by atoms with Gasteiger partial charge in [-0.05, 0) is 69.4 Å². The molecule has 2 aliphatic heterocycles. The van der Waals surface area contributed by atoms with Gasteiger partial charge in [-0.1, -0.05) is 12.1 Å². The Bertz CT molecular complexity index is 838. The Hall–Kier alpha value is -2.54. The first-order valence-corrected chi connectivity index (χ1v) is 11.0. The number of carbonyl (C=O) groups excluding carboxylic acids is 1. The van der Waals surface area contributed by atoms with Crippen molar-refractivity contribution in [3.8, 4) is 11.1 Å². The van der Waals surface area contributed by atoms with E-state index in [9.17, 15) is 9.18 Å². The zero-order chi connectivity index (χ0) is 20.8. The topological polar surface area (TPSA) is 61.4 Å². The number of nitrogens with zero attached hydrogens (tertiary/aromatic N) is 4. The SMILES string of the molecule is O=C(NCCCN1CCCC1)C1CCCN(c2ncc(-c3cccc(F)c3)cn2)C1. The molecule has 2 fully saturated rings. The summed E-state index contributed by atoms with van der Waals surface area (Å²) in [5.41, 5.74) is 1.54. The van der Waals surface area contributed by atoms with Crippen LogP contribution in [-0.2, 0) is 4.79 Å². The first kappa shape index (κ1) is 20.7. The third-order valence-corrected chi connectivity index (χ3v) is 6.02. The summed E-state index contributed by atoms with van der Waals surface area (Å²) in [6.45, 7) is 5.69. The summed E-state index contributed by atoms with van der Waals surface area (Å²) in [5.74, 6) is 0.457. The quantitative estimate of drug-likeness (QED) is 0.710. The molecule has 1 amide bonds. The van der Waals surface area contributed by atoms with Crippen LogP contribution in [0.3, 0.4) is 0 Å². The van der Waals surface area contributed by atoms with Gasteiger partial charge in [0.25, 0.3) is 0 Å². The molecule has 1 aromatic heterocycles. The minimum absolute atomic E-state index is 0.0305.